The molecule has 0 bridgehead atoms. The van der Waals surface area contributed by atoms with E-state index in [9.17, 15) is 9.18 Å². The number of halogens is 1. The highest BCUT2D eigenvalue weighted by atomic mass is 19.1. The first-order valence-corrected chi connectivity index (χ1v) is 11.5. The minimum atomic E-state index is -0.533. The molecule has 176 valence electrons. The molecule has 1 fully saturated rings. The maximum Gasteiger partial charge on any atom is 0.252 e. The summed E-state index contributed by atoms with van der Waals surface area (Å²) in [5, 5.41) is 11.4. The Balaban J connectivity index is 1.55. The van der Waals surface area contributed by atoms with Gasteiger partial charge >= 0.3 is 0 Å². The number of pyridine rings is 1. The van der Waals surface area contributed by atoms with Crippen molar-refractivity contribution in [3.63, 3.8) is 0 Å². The van der Waals surface area contributed by atoms with E-state index in [0.29, 0.717) is 11.5 Å². The monoisotopic (exact) mass is 462 g/mol. The highest BCUT2D eigenvalue weighted by Gasteiger charge is 2.32. The van der Waals surface area contributed by atoms with Gasteiger partial charge < -0.3 is 10.6 Å². The molecule has 1 amide bonds. The number of nitrogens with one attached hydrogen (secondary N) is 1. The molecule has 9 nitrogen and oxygen atoms in total. The predicted octanol–water partition coefficient (Wildman–Crippen LogP) is 3.69. The summed E-state index contributed by atoms with van der Waals surface area (Å²) >= 11 is 0. The van der Waals surface area contributed by atoms with Gasteiger partial charge in [0.1, 0.15) is 12.2 Å². The van der Waals surface area contributed by atoms with Gasteiger partial charge in [0.15, 0.2) is 0 Å². The van der Waals surface area contributed by atoms with Gasteiger partial charge in [-0.05, 0) is 57.7 Å². The van der Waals surface area contributed by atoms with E-state index in [1.165, 1.54) is 18.5 Å². The van der Waals surface area contributed by atoms with Crippen molar-refractivity contribution in [1.82, 2.24) is 29.8 Å². The Morgan fingerprint density at radius 3 is 2.59 bits per heavy atom. The van der Waals surface area contributed by atoms with Crippen molar-refractivity contribution in [1.29, 1.82) is 0 Å². The largest absolute Gasteiger partial charge is 0.365 e. The zero-order valence-electron chi connectivity index (χ0n) is 19.1. The first-order valence-electron chi connectivity index (χ1n) is 11.5. The van der Waals surface area contributed by atoms with Gasteiger partial charge in [0.25, 0.3) is 5.91 Å². The van der Waals surface area contributed by atoms with Crippen LogP contribution < -0.4 is 10.6 Å². The second-order valence-corrected chi connectivity index (χ2v) is 9.08. The number of primary amides is 1. The molecule has 4 heterocycles. The number of H-pyrrole nitrogens is 1. The lowest BCUT2D eigenvalue weighted by atomic mass is 9.84. The molecule has 0 spiro atoms. The summed E-state index contributed by atoms with van der Waals surface area (Å²) < 4.78 is 15.1. The number of carbonyl (C=O) groups is 1. The third kappa shape index (κ3) is 4.00. The van der Waals surface area contributed by atoms with Crippen molar-refractivity contribution in [2.24, 2.45) is 5.73 Å². The lowest BCUT2D eigenvalue weighted by Gasteiger charge is -2.41. The Kier molecular flexibility index (Phi) is 5.72. The first kappa shape index (κ1) is 22.0. The molecule has 0 saturated heterocycles. The van der Waals surface area contributed by atoms with E-state index in [1.807, 2.05) is 12.3 Å². The van der Waals surface area contributed by atoms with Crippen molar-refractivity contribution in [2.75, 3.05) is 4.90 Å². The fourth-order valence-corrected chi connectivity index (χ4v) is 5.10. The average Bonchev–Trinajstić information content (AvgIpc) is 3.50. The van der Waals surface area contributed by atoms with Gasteiger partial charge in [-0.3, -0.25) is 9.89 Å². The Labute approximate surface area is 196 Å². The number of aromatic amines is 1. The maximum atomic E-state index is 13.3. The van der Waals surface area contributed by atoms with Crippen molar-refractivity contribution in [3.05, 3.63) is 60.5 Å². The molecule has 0 radical (unpaired) electrons. The molecule has 10 heteroatoms. The van der Waals surface area contributed by atoms with Crippen molar-refractivity contribution >= 4 is 17.1 Å². The molecular weight excluding hydrogens is 435 g/mol. The third-order valence-corrected chi connectivity index (χ3v) is 6.66. The quantitative estimate of drug-likeness (QED) is 0.422. The van der Waals surface area contributed by atoms with Crippen LogP contribution in [-0.2, 0) is 0 Å². The van der Waals surface area contributed by atoms with Crippen LogP contribution in [0.5, 0.6) is 0 Å². The number of rotatable bonds is 6. The molecule has 0 aromatic carbocycles. The fraction of sp³-hybridized carbons (Fsp3) is 0.375. The molecule has 4 aromatic rings. The predicted molar refractivity (Wildman–Crippen MR) is 126 cm³/mol. The molecule has 0 aliphatic heterocycles. The van der Waals surface area contributed by atoms with E-state index >= 15 is 0 Å². The van der Waals surface area contributed by atoms with Crippen molar-refractivity contribution in [2.45, 2.75) is 57.5 Å². The third-order valence-electron chi connectivity index (χ3n) is 6.66. The number of anilines is 1. The van der Waals surface area contributed by atoms with Crippen LogP contribution in [-0.4, -0.2) is 47.8 Å². The normalized spacial score (nSPS) is 18.5. The molecule has 5 rings (SSSR count). The second kappa shape index (κ2) is 8.85. The molecule has 34 heavy (non-hydrogen) atoms. The molecule has 0 atom stereocenters. The number of aromatic nitrogens is 6. The summed E-state index contributed by atoms with van der Waals surface area (Å²) in [5.74, 6) is 0.237. The topological polar surface area (TPSA) is 118 Å². The number of hydrogen-bond acceptors (Lipinski definition) is 6. The van der Waals surface area contributed by atoms with E-state index < -0.39 is 11.9 Å². The molecule has 3 N–H and O–H groups in total. The van der Waals surface area contributed by atoms with E-state index in [-0.39, 0.29) is 12.1 Å². The Morgan fingerprint density at radius 1 is 1.18 bits per heavy atom. The molecular formula is C24H27FN8O. The van der Waals surface area contributed by atoms with E-state index in [0.717, 1.165) is 53.8 Å². The summed E-state index contributed by atoms with van der Waals surface area (Å²) in [7, 11) is 0. The van der Waals surface area contributed by atoms with Crippen LogP contribution in [0.25, 0.3) is 16.6 Å². The molecule has 4 aromatic heterocycles. The van der Waals surface area contributed by atoms with Crippen LogP contribution in [0.4, 0.5) is 10.1 Å². The standard InChI is InChI=1S/C24H27FN8O/c1-14(2)33(18-6-3-15(4-7-18)24-28-13-29-31-24)22-19(23(26)34)11-30-32-12-17(9-20(22)32)16-5-8-21(25)27-10-16/h5,8-15,18H,3-4,6-7H2,1-2H3,(H2,26,34)(H,28,29,31). The summed E-state index contributed by atoms with van der Waals surface area (Å²) in [4.78, 5) is 22.9. The highest BCUT2D eigenvalue weighted by Crippen LogP contribution is 2.39. The average molecular weight is 463 g/mol. The SMILES string of the molecule is CC(C)N(c1c(C(N)=O)cnn2cc(-c3ccc(F)nc3)cc12)C1CCC(c2ncn[nH]2)CC1. The Bertz CT molecular complexity index is 1290. The van der Waals surface area contributed by atoms with E-state index in [1.54, 1.807) is 16.9 Å². The Morgan fingerprint density at radius 2 is 1.97 bits per heavy atom. The van der Waals surface area contributed by atoms with E-state index in [4.69, 9.17) is 5.73 Å². The highest BCUT2D eigenvalue weighted by molar-refractivity contribution is 6.02. The number of fused-ring (bicyclic) bond motifs is 1. The number of amides is 1. The smallest absolute Gasteiger partial charge is 0.252 e. The molecule has 1 saturated carbocycles. The van der Waals surface area contributed by atoms with Crippen LogP contribution in [0.15, 0.2) is 43.1 Å². The summed E-state index contributed by atoms with van der Waals surface area (Å²) in [6.45, 7) is 4.25. The summed E-state index contributed by atoms with van der Waals surface area (Å²) in [6, 6.07) is 5.32. The van der Waals surface area contributed by atoms with Gasteiger partial charge in [-0.15, -0.1) is 0 Å². The van der Waals surface area contributed by atoms with Crippen LogP contribution in [0, 0.1) is 5.95 Å². The number of carbonyl (C=O) groups excluding carboxylic acids is 1. The van der Waals surface area contributed by atoms with Crippen LogP contribution in [0.2, 0.25) is 0 Å². The first-order chi connectivity index (χ1) is 16.4. The number of hydrogen-bond donors (Lipinski definition) is 2. The number of nitrogens with zero attached hydrogens (tertiary/aromatic N) is 6. The van der Waals surface area contributed by atoms with Crippen molar-refractivity contribution in [3.8, 4) is 11.1 Å². The van der Waals surface area contributed by atoms with Gasteiger partial charge in [0, 0.05) is 41.5 Å². The lowest BCUT2D eigenvalue weighted by Crippen LogP contribution is -2.44. The van der Waals surface area contributed by atoms with Crippen LogP contribution >= 0.6 is 0 Å². The minimum absolute atomic E-state index is 0.127. The lowest BCUT2D eigenvalue weighted by molar-refractivity contribution is 0.1000. The minimum Gasteiger partial charge on any atom is -0.365 e. The number of nitrogens with two attached hydrogens (primary N) is 1. The van der Waals surface area contributed by atoms with E-state index in [2.05, 4.69) is 44.0 Å². The molecule has 1 aliphatic rings. The molecule has 0 unspecified atom stereocenters. The summed E-state index contributed by atoms with van der Waals surface area (Å²) in [6.07, 6.45) is 10.3. The maximum absolute atomic E-state index is 13.3. The molecule has 1 aliphatic carbocycles. The van der Waals surface area contributed by atoms with Crippen molar-refractivity contribution < 1.29 is 9.18 Å². The fourth-order valence-electron chi connectivity index (χ4n) is 5.10. The summed E-state index contributed by atoms with van der Waals surface area (Å²) in [5.41, 5.74) is 9.36. The zero-order valence-corrected chi connectivity index (χ0v) is 19.1. The van der Waals surface area contributed by atoms with Gasteiger partial charge in [0.2, 0.25) is 5.95 Å². The van der Waals surface area contributed by atoms with Crippen LogP contribution in [0.1, 0.15) is 61.6 Å². The van der Waals surface area contributed by atoms with Gasteiger partial charge in [0.05, 0.1) is 23.0 Å². The van der Waals surface area contributed by atoms with Gasteiger partial charge in [-0.25, -0.2) is 14.5 Å². The van der Waals surface area contributed by atoms with Gasteiger partial charge in [-0.2, -0.15) is 14.6 Å². The van der Waals surface area contributed by atoms with Crippen LogP contribution in [0.3, 0.4) is 0 Å². The second-order valence-electron chi connectivity index (χ2n) is 9.08. The Hall–Kier alpha value is -3.82. The zero-order chi connectivity index (χ0) is 23.8. The van der Waals surface area contributed by atoms with Gasteiger partial charge in [-0.1, -0.05) is 0 Å².